The molecule has 1 aromatic carbocycles. The Morgan fingerprint density at radius 1 is 1.43 bits per heavy atom. The van der Waals surface area contributed by atoms with Crippen LogP contribution in [-0.2, 0) is 14.3 Å². The Kier molecular flexibility index (Phi) is 5.25. The van der Waals surface area contributed by atoms with E-state index >= 15 is 0 Å². The van der Waals surface area contributed by atoms with E-state index in [0.29, 0.717) is 12.3 Å². The second kappa shape index (κ2) is 6.95. The number of carbonyl (C=O) groups excluding carboxylic acids is 1. The van der Waals surface area contributed by atoms with Crippen LogP contribution in [0.2, 0.25) is 0 Å². The van der Waals surface area contributed by atoms with Crippen molar-refractivity contribution in [1.29, 1.82) is 0 Å². The molecule has 1 fully saturated rings. The molecule has 1 amide bonds. The van der Waals surface area contributed by atoms with Crippen LogP contribution in [0.4, 0.5) is 0 Å². The van der Waals surface area contributed by atoms with Crippen molar-refractivity contribution in [1.82, 2.24) is 4.90 Å². The third-order valence-electron chi connectivity index (χ3n) is 3.38. The Hall–Kier alpha value is -1.53. The van der Waals surface area contributed by atoms with Gasteiger partial charge in [-0.1, -0.05) is 17.7 Å². The predicted molar refractivity (Wildman–Crippen MR) is 80.6 cm³/mol. The van der Waals surface area contributed by atoms with E-state index in [1.807, 2.05) is 26.0 Å². The zero-order valence-corrected chi connectivity index (χ0v) is 13.0. The van der Waals surface area contributed by atoms with E-state index in [9.17, 15) is 9.59 Å². The van der Waals surface area contributed by atoms with E-state index < -0.39 is 12.1 Å². The maximum absolute atomic E-state index is 12.2. The molecule has 5 nitrogen and oxygen atoms in total. The van der Waals surface area contributed by atoms with Crippen LogP contribution < -0.4 is 0 Å². The van der Waals surface area contributed by atoms with Crippen molar-refractivity contribution in [2.24, 2.45) is 0 Å². The standard InChI is InChI=1S/C15H19NO4S/c1-10-3-4-13(11(2)7-10)21-9-14(17)16-5-6-20-12(8-16)15(18)19/h3-4,7,12H,5-6,8-9H2,1-2H3,(H,18,19). The van der Waals surface area contributed by atoms with E-state index in [-0.39, 0.29) is 19.1 Å². The van der Waals surface area contributed by atoms with E-state index in [1.165, 1.54) is 17.3 Å². The molecular formula is C15H19NO4S. The molecule has 0 aromatic heterocycles. The maximum Gasteiger partial charge on any atom is 0.334 e. The Morgan fingerprint density at radius 2 is 2.19 bits per heavy atom. The summed E-state index contributed by atoms with van der Waals surface area (Å²) in [6, 6.07) is 6.12. The van der Waals surface area contributed by atoms with Gasteiger partial charge in [0, 0.05) is 11.4 Å². The molecule has 1 N–H and O–H groups in total. The van der Waals surface area contributed by atoms with Gasteiger partial charge >= 0.3 is 5.97 Å². The van der Waals surface area contributed by atoms with Gasteiger partial charge in [-0.3, -0.25) is 4.79 Å². The van der Waals surface area contributed by atoms with Crippen LogP contribution in [0.25, 0.3) is 0 Å². The molecule has 0 radical (unpaired) electrons. The summed E-state index contributed by atoms with van der Waals surface area (Å²) in [4.78, 5) is 25.7. The molecule has 1 heterocycles. The molecule has 1 aliphatic heterocycles. The number of ether oxygens (including phenoxy) is 1. The molecular weight excluding hydrogens is 290 g/mol. The number of thioether (sulfide) groups is 1. The number of aryl methyl sites for hydroxylation is 2. The summed E-state index contributed by atoms with van der Waals surface area (Å²) in [6.45, 7) is 4.91. The van der Waals surface area contributed by atoms with Crippen LogP contribution >= 0.6 is 11.8 Å². The first-order valence-electron chi connectivity index (χ1n) is 6.79. The number of carboxylic acid groups (broad SMARTS) is 1. The molecule has 0 spiro atoms. The largest absolute Gasteiger partial charge is 0.479 e. The monoisotopic (exact) mass is 309 g/mol. The van der Waals surface area contributed by atoms with E-state index in [0.717, 1.165) is 10.5 Å². The van der Waals surface area contributed by atoms with Gasteiger partial charge in [0.15, 0.2) is 6.10 Å². The highest BCUT2D eigenvalue weighted by Crippen LogP contribution is 2.23. The minimum atomic E-state index is -1.02. The second-order valence-corrected chi connectivity index (χ2v) is 6.11. The lowest BCUT2D eigenvalue weighted by molar-refractivity contribution is -0.158. The predicted octanol–water partition coefficient (Wildman–Crippen LogP) is 1.71. The van der Waals surface area contributed by atoms with Crippen LogP contribution in [0.5, 0.6) is 0 Å². The number of aliphatic carboxylic acids is 1. The average molecular weight is 309 g/mol. The van der Waals surface area contributed by atoms with E-state index in [4.69, 9.17) is 9.84 Å². The number of benzene rings is 1. The molecule has 0 aliphatic carbocycles. The molecule has 1 saturated heterocycles. The highest BCUT2D eigenvalue weighted by atomic mass is 32.2. The highest BCUT2D eigenvalue weighted by molar-refractivity contribution is 8.00. The fourth-order valence-electron chi connectivity index (χ4n) is 2.22. The molecule has 0 saturated carbocycles. The van der Waals surface area contributed by atoms with Gasteiger partial charge < -0.3 is 14.7 Å². The van der Waals surface area contributed by atoms with Gasteiger partial charge in [0.2, 0.25) is 5.91 Å². The summed E-state index contributed by atoms with van der Waals surface area (Å²) >= 11 is 1.49. The topological polar surface area (TPSA) is 66.8 Å². The minimum absolute atomic E-state index is 0.0467. The average Bonchev–Trinajstić information content (AvgIpc) is 2.46. The van der Waals surface area contributed by atoms with Gasteiger partial charge in [-0.15, -0.1) is 11.8 Å². The second-order valence-electron chi connectivity index (χ2n) is 5.10. The number of carboxylic acids is 1. The van der Waals surface area contributed by atoms with Crippen molar-refractivity contribution >= 4 is 23.6 Å². The van der Waals surface area contributed by atoms with Crippen molar-refractivity contribution in [2.75, 3.05) is 25.4 Å². The van der Waals surface area contributed by atoms with Gasteiger partial charge in [0.25, 0.3) is 0 Å². The number of nitrogens with zero attached hydrogens (tertiary/aromatic N) is 1. The number of rotatable bonds is 4. The lowest BCUT2D eigenvalue weighted by Gasteiger charge is -2.30. The van der Waals surface area contributed by atoms with Gasteiger partial charge in [-0.05, 0) is 25.5 Å². The third-order valence-corrected chi connectivity index (χ3v) is 4.54. The molecule has 0 bridgehead atoms. The van der Waals surface area contributed by atoms with E-state index in [1.54, 1.807) is 4.90 Å². The molecule has 21 heavy (non-hydrogen) atoms. The van der Waals surface area contributed by atoms with Gasteiger partial charge in [0.1, 0.15) is 0 Å². The number of carbonyl (C=O) groups is 2. The lowest BCUT2D eigenvalue weighted by atomic mass is 10.2. The Morgan fingerprint density at radius 3 is 2.86 bits per heavy atom. The van der Waals surface area contributed by atoms with E-state index in [2.05, 4.69) is 6.07 Å². The number of morpholine rings is 1. The van der Waals surface area contributed by atoms with Crippen molar-refractivity contribution in [3.8, 4) is 0 Å². The van der Waals surface area contributed by atoms with Crippen molar-refractivity contribution in [3.63, 3.8) is 0 Å². The lowest BCUT2D eigenvalue weighted by Crippen LogP contribution is -2.49. The number of amides is 1. The molecule has 1 aromatic rings. The molecule has 1 atom stereocenters. The van der Waals surface area contributed by atoms with Gasteiger partial charge in [0.05, 0.1) is 18.9 Å². The summed E-state index contributed by atoms with van der Waals surface area (Å²) < 4.78 is 5.11. The van der Waals surface area contributed by atoms with Crippen molar-refractivity contribution < 1.29 is 19.4 Å². The Labute approximate surface area is 128 Å². The van der Waals surface area contributed by atoms with Crippen LogP contribution in [0, 0.1) is 13.8 Å². The fourth-order valence-corrected chi connectivity index (χ4v) is 3.13. The number of hydrogen-bond donors (Lipinski definition) is 1. The molecule has 6 heteroatoms. The smallest absolute Gasteiger partial charge is 0.334 e. The summed E-state index contributed by atoms with van der Waals surface area (Å²) in [6.07, 6.45) is -0.909. The summed E-state index contributed by atoms with van der Waals surface area (Å²) in [7, 11) is 0. The SMILES string of the molecule is Cc1ccc(SCC(=O)N2CCOC(C(=O)O)C2)c(C)c1. The minimum Gasteiger partial charge on any atom is -0.479 e. The first-order valence-corrected chi connectivity index (χ1v) is 7.78. The molecule has 1 unspecified atom stereocenters. The van der Waals surface area contributed by atoms with Crippen molar-refractivity contribution in [2.45, 2.75) is 24.8 Å². The third kappa shape index (κ3) is 4.22. The van der Waals surface area contributed by atoms with Gasteiger partial charge in [-0.2, -0.15) is 0 Å². The summed E-state index contributed by atoms with van der Waals surface area (Å²) in [5.41, 5.74) is 2.35. The normalized spacial score (nSPS) is 18.6. The molecule has 114 valence electrons. The number of hydrogen-bond acceptors (Lipinski definition) is 4. The van der Waals surface area contributed by atoms with Crippen LogP contribution in [0.15, 0.2) is 23.1 Å². The Balaban J connectivity index is 1.90. The fraction of sp³-hybridized carbons (Fsp3) is 0.467. The van der Waals surface area contributed by atoms with Crippen LogP contribution in [0.1, 0.15) is 11.1 Å². The first-order chi connectivity index (χ1) is 9.97. The summed E-state index contributed by atoms with van der Waals surface area (Å²) in [5, 5.41) is 8.94. The molecule has 1 aliphatic rings. The zero-order chi connectivity index (χ0) is 15.4. The van der Waals surface area contributed by atoms with Crippen LogP contribution in [-0.4, -0.2) is 53.4 Å². The first kappa shape index (κ1) is 15.9. The maximum atomic E-state index is 12.2. The molecule has 2 rings (SSSR count). The van der Waals surface area contributed by atoms with Gasteiger partial charge in [-0.25, -0.2) is 4.79 Å². The summed E-state index contributed by atoms with van der Waals surface area (Å²) in [5.74, 6) is -0.750. The Bertz CT molecular complexity index is 546. The quantitative estimate of drug-likeness (QED) is 0.858. The van der Waals surface area contributed by atoms with Crippen LogP contribution in [0.3, 0.4) is 0 Å². The highest BCUT2D eigenvalue weighted by Gasteiger charge is 2.28. The van der Waals surface area contributed by atoms with Crippen molar-refractivity contribution in [3.05, 3.63) is 29.3 Å². The zero-order valence-electron chi connectivity index (χ0n) is 12.2.